The lowest BCUT2D eigenvalue weighted by atomic mass is 9.93. The van der Waals surface area contributed by atoms with Crippen molar-refractivity contribution in [2.45, 2.75) is 40.2 Å². The molecule has 0 spiro atoms. The highest BCUT2D eigenvalue weighted by Crippen LogP contribution is 2.22. The molecule has 0 aromatic rings. The van der Waals surface area contributed by atoms with Gasteiger partial charge in [0.15, 0.2) is 0 Å². The smallest absolute Gasteiger partial charge is 0.0258 e. The Morgan fingerprint density at radius 1 is 1.29 bits per heavy atom. The summed E-state index contributed by atoms with van der Waals surface area (Å²) in [6.45, 7) is 12.8. The third kappa shape index (κ3) is 3.25. The summed E-state index contributed by atoms with van der Waals surface area (Å²) in [4.78, 5) is 2.54. The van der Waals surface area contributed by atoms with E-state index in [-0.39, 0.29) is 0 Å². The third-order valence-corrected chi connectivity index (χ3v) is 3.12. The maximum Gasteiger partial charge on any atom is 0.0258 e. The molecule has 0 radical (unpaired) electrons. The fourth-order valence-electron chi connectivity index (χ4n) is 2.52. The summed E-state index contributed by atoms with van der Waals surface area (Å²) in [5.74, 6) is 0.849. The molecule has 0 bridgehead atoms. The second-order valence-electron chi connectivity index (χ2n) is 5.87. The zero-order valence-electron chi connectivity index (χ0n) is 10.4. The molecule has 0 aromatic carbocycles. The first-order valence-electron chi connectivity index (χ1n) is 5.85. The molecule has 14 heavy (non-hydrogen) atoms. The molecule has 0 amide bonds. The highest BCUT2D eigenvalue weighted by molar-refractivity contribution is 4.87. The minimum absolute atomic E-state index is 0.412. The molecule has 2 nitrogen and oxygen atoms in total. The van der Waals surface area contributed by atoms with Crippen LogP contribution in [0.25, 0.3) is 0 Å². The highest BCUT2D eigenvalue weighted by atomic mass is 15.2. The van der Waals surface area contributed by atoms with Crippen molar-refractivity contribution >= 4 is 0 Å². The van der Waals surface area contributed by atoms with Crippen LogP contribution in [0.5, 0.6) is 0 Å². The Morgan fingerprint density at radius 2 is 1.93 bits per heavy atom. The molecule has 1 saturated heterocycles. The summed E-state index contributed by atoms with van der Waals surface area (Å²) < 4.78 is 0. The molecule has 1 fully saturated rings. The molecule has 1 rings (SSSR count). The Bertz CT molecular complexity index is 172. The molecule has 2 heteroatoms. The first-order chi connectivity index (χ1) is 6.44. The Hall–Kier alpha value is -0.0800. The average molecular weight is 198 g/mol. The fraction of sp³-hybridized carbons (Fsp3) is 1.00. The van der Waals surface area contributed by atoms with Gasteiger partial charge in [-0.05, 0) is 24.9 Å². The minimum atomic E-state index is 0.412. The SMILES string of the molecule is CCC1CNCC1N(C)CC(C)(C)C. The quantitative estimate of drug-likeness (QED) is 0.746. The monoisotopic (exact) mass is 198 g/mol. The molecule has 1 heterocycles. The van der Waals surface area contributed by atoms with Gasteiger partial charge in [0.05, 0.1) is 0 Å². The van der Waals surface area contributed by atoms with E-state index in [1.807, 2.05) is 0 Å². The molecule has 1 N–H and O–H groups in total. The van der Waals surface area contributed by atoms with Gasteiger partial charge in [-0.15, -0.1) is 0 Å². The first-order valence-corrected chi connectivity index (χ1v) is 5.85. The van der Waals surface area contributed by atoms with Crippen LogP contribution in [0.4, 0.5) is 0 Å². The van der Waals surface area contributed by atoms with Gasteiger partial charge in [0.1, 0.15) is 0 Å². The van der Waals surface area contributed by atoms with Gasteiger partial charge in [-0.2, -0.15) is 0 Å². The molecule has 1 aliphatic heterocycles. The molecule has 0 saturated carbocycles. The Morgan fingerprint density at radius 3 is 2.43 bits per heavy atom. The van der Waals surface area contributed by atoms with Crippen molar-refractivity contribution in [2.75, 3.05) is 26.7 Å². The normalized spacial score (nSPS) is 28.7. The van der Waals surface area contributed by atoms with E-state index in [1.54, 1.807) is 0 Å². The van der Waals surface area contributed by atoms with Gasteiger partial charge in [0.25, 0.3) is 0 Å². The third-order valence-electron chi connectivity index (χ3n) is 3.12. The van der Waals surface area contributed by atoms with Gasteiger partial charge in [0.2, 0.25) is 0 Å². The lowest BCUT2D eigenvalue weighted by molar-refractivity contribution is 0.151. The predicted molar refractivity (Wildman–Crippen MR) is 62.5 cm³/mol. The molecule has 0 aliphatic carbocycles. The second-order valence-corrected chi connectivity index (χ2v) is 5.87. The Kier molecular flexibility index (Phi) is 3.96. The van der Waals surface area contributed by atoms with Gasteiger partial charge in [-0.3, -0.25) is 0 Å². The largest absolute Gasteiger partial charge is 0.315 e. The summed E-state index contributed by atoms with van der Waals surface area (Å²) in [6.07, 6.45) is 1.30. The van der Waals surface area contributed by atoms with E-state index in [9.17, 15) is 0 Å². The van der Waals surface area contributed by atoms with Crippen LogP contribution >= 0.6 is 0 Å². The van der Waals surface area contributed by atoms with Gasteiger partial charge < -0.3 is 10.2 Å². The Balaban J connectivity index is 2.47. The number of nitrogens with one attached hydrogen (secondary N) is 1. The fourth-order valence-corrected chi connectivity index (χ4v) is 2.52. The molecule has 84 valence electrons. The van der Waals surface area contributed by atoms with E-state index in [4.69, 9.17) is 0 Å². The van der Waals surface area contributed by atoms with E-state index in [0.29, 0.717) is 5.41 Å². The second kappa shape index (κ2) is 4.63. The predicted octanol–water partition coefficient (Wildman–Crippen LogP) is 1.96. The van der Waals surface area contributed by atoms with Crippen molar-refractivity contribution < 1.29 is 0 Å². The van der Waals surface area contributed by atoms with Crippen molar-refractivity contribution in [1.82, 2.24) is 10.2 Å². The molecular formula is C12H26N2. The molecule has 0 aromatic heterocycles. The van der Waals surface area contributed by atoms with Crippen molar-refractivity contribution in [1.29, 1.82) is 0 Å². The van der Waals surface area contributed by atoms with Crippen LogP contribution in [0.3, 0.4) is 0 Å². The number of hydrogen-bond donors (Lipinski definition) is 1. The average Bonchev–Trinajstić information content (AvgIpc) is 2.47. The maximum atomic E-state index is 3.50. The first kappa shape index (κ1) is 12.0. The number of rotatable bonds is 3. The summed E-state index contributed by atoms with van der Waals surface area (Å²) in [6, 6.07) is 0.749. The van der Waals surface area contributed by atoms with Crippen LogP contribution < -0.4 is 5.32 Å². The van der Waals surface area contributed by atoms with Gasteiger partial charge in [-0.25, -0.2) is 0 Å². The maximum absolute atomic E-state index is 3.50. The molecule has 1 aliphatic rings. The van der Waals surface area contributed by atoms with E-state index < -0.39 is 0 Å². The van der Waals surface area contributed by atoms with E-state index in [1.165, 1.54) is 26.1 Å². The van der Waals surface area contributed by atoms with Crippen LogP contribution in [0.2, 0.25) is 0 Å². The molecule has 2 unspecified atom stereocenters. The van der Waals surface area contributed by atoms with Crippen LogP contribution in [0.15, 0.2) is 0 Å². The zero-order valence-corrected chi connectivity index (χ0v) is 10.4. The molecule has 2 atom stereocenters. The van der Waals surface area contributed by atoms with Gasteiger partial charge in [0, 0.05) is 19.1 Å². The number of nitrogens with zero attached hydrogens (tertiary/aromatic N) is 1. The summed E-state index contributed by atoms with van der Waals surface area (Å²) in [7, 11) is 2.27. The Labute approximate surface area is 89.1 Å². The lowest BCUT2D eigenvalue weighted by Crippen LogP contribution is -2.42. The van der Waals surface area contributed by atoms with Crippen molar-refractivity contribution in [3.05, 3.63) is 0 Å². The lowest BCUT2D eigenvalue weighted by Gasteiger charge is -2.33. The topological polar surface area (TPSA) is 15.3 Å². The van der Waals surface area contributed by atoms with Crippen LogP contribution in [-0.2, 0) is 0 Å². The van der Waals surface area contributed by atoms with Crippen molar-refractivity contribution in [2.24, 2.45) is 11.3 Å². The van der Waals surface area contributed by atoms with Gasteiger partial charge in [-0.1, -0.05) is 34.1 Å². The van der Waals surface area contributed by atoms with E-state index in [0.717, 1.165) is 12.0 Å². The van der Waals surface area contributed by atoms with Crippen molar-refractivity contribution in [3.63, 3.8) is 0 Å². The highest BCUT2D eigenvalue weighted by Gasteiger charge is 2.30. The number of hydrogen-bond acceptors (Lipinski definition) is 2. The zero-order chi connectivity index (χ0) is 10.8. The van der Waals surface area contributed by atoms with Crippen LogP contribution in [0, 0.1) is 11.3 Å². The van der Waals surface area contributed by atoms with Gasteiger partial charge >= 0.3 is 0 Å². The van der Waals surface area contributed by atoms with Crippen molar-refractivity contribution in [3.8, 4) is 0 Å². The van der Waals surface area contributed by atoms with Crippen LogP contribution in [0.1, 0.15) is 34.1 Å². The number of likely N-dealkylation sites (N-methyl/N-ethyl adjacent to an activating group) is 1. The van der Waals surface area contributed by atoms with E-state index in [2.05, 4.69) is 45.0 Å². The molecular weight excluding hydrogens is 172 g/mol. The van der Waals surface area contributed by atoms with E-state index >= 15 is 0 Å². The van der Waals surface area contributed by atoms with Crippen LogP contribution in [-0.4, -0.2) is 37.6 Å². The summed E-state index contributed by atoms with van der Waals surface area (Å²) in [5.41, 5.74) is 0.412. The summed E-state index contributed by atoms with van der Waals surface area (Å²) >= 11 is 0. The standard InChI is InChI=1S/C12H26N2/c1-6-10-7-13-8-11(10)14(5)9-12(2,3)4/h10-11,13H,6-9H2,1-5H3. The minimum Gasteiger partial charge on any atom is -0.315 e. The summed E-state index contributed by atoms with van der Waals surface area (Å²) in [5, 5.41) is 3.50.